The van der Waals surface area contributed by atoms with Crippen molar-refractivity contribution < 1.29 is 27.6 Å². The van der Waals surface area contributed by atoms with Crippen LogP contribution in [-0.2, 0) is 11.3 Å². The Bertz CT molecular complexity index is 1140. The molecular formula is C25H32F3N7O4. The summed E-state index contributed by atoms with van der Waals surface area (Å²) >= 11 is 0. The molecule has 2 fully saturated rings. The maximum atomic E-state index is 12.7. The molecule has 0 bridgehead atoms. The first-order valence-corrected chi connectivity index (χ1v) is 12.9. The number of hydrogen-bond acceptors (Lipinski definition) is 9. The molecule has 212 valence electrons. The first-order valence-electron chi connectivity index (χ1n) is 12.9. The number of nitrogens with one attached hydrogen (secondary N) is 2. The third kappa shape index (κ3) is 7.68. The number of benzene rings is 1. The highest BCUT2D eigenvalue weighted by molar-refractivity contribution is 5.57. The molecule has 4 rings (SSSR count). The van der Waals surface area contributed by atoms with E-state index in [2.05, 4.69) is 30.2 Å². The molecule has 2 N–H and O–H groups in total. The minimum atomic E-state index is -4.83. The van der Waals surface area contributed by atoms with Crippen molar-refractivity contribution >= 4 is 23.9 Å². The second-order valence-electron chi connectivity index (χ2n) is 9.96. The Morgan fingerprint density at radius 1 is 1.21 bits per heavy atom. The molecule has 0 spiro atoms. The van der Waals surface area contributed by atoms with Crippen LogP contribution < -0.4 is 15.4 Å². The summed E-state index contributed by atoms with van der Waals surface area (Å²) in [5.41, 5.74) is -0.0531. The Morgan fingerprint density at radius 2 is 1.95 bits per heavy atom. The number of nitrogens with zero attached hydrogens (tertiary/aromatic N) is 5. The van der Waals surface area contributed by atoms with Crippen LogP contribution in [0.25, 0.3) is 0 Å². The lowest BCUT2D eigenvalue weighted by Gasteiger charge is -2.35. The van der Waals surface area contributed by atoms with Gasteiger partial charge in [0.15, 0.2) is 0 Å². The van der Waals surface area contributed by atoms with Gasteiger partial charge in [-0.25, -0.2) is 4.98 Å². The summed E-state index contributed by atoms with van der Waals surface area (Å²) in [7, 11) is 1.82. The maximum Gasteiger partial charge on any atom is 0.573 e. The van der Waals surface area contributed by atoms with Gasteiger partial charge in [-0.3, -0.25) is 19.8 Å². The number of rotatable bonds is 11. The molecule has 39 heavy (non-hydrogen) atoms. The molecule has 1 aliphatic heterocycles. The fourth-order valence-corrected chi connectivity index (χ4v) is 5.25. The van der Waals surface area contributed by atoms with Crippen LogP contribution in [0.2, 0.25) is 0 Å². The molecule has 14 heteroatoms. The molecule has 11 nitrogen and oxygen atoms in total. The van der Waals surface area contributed by atoms with Crippen LogP contribution in [0.3, 0.4) is 0 Å². The van der Waals surface area contributed by atoms with Crippen LogP contribution in [0.15, 0.2) is 30.5 Å². The van der Waals surface area contributed by atoms with Crippen molar-refractivity contribution in [2.75, 3.05) is 37.3 Å². The first-order chi connectivity index (χ1) is 18.6. The van der Waals surface area contributed by atoms with E-state index in [9.17, 15) is 28.1 Å². The molecule has 2 aliphatic rings. The average molecular weight is 552 g/mol. The molecule has 1 saturated heterocycles. The quantitative estimate of drug-likeness (QED) is 0.242. The van der Waals surface area contributed by atoms with Gasteiger partial charge in [0.2, 0.25) is 18.2 Å². The van der Waals surface area contributed by atoms with E-state index in [0.717, 1.165) is 57.8 Å². The monoisotopic (exact) mass is 551 g/mol. The van der Waals surface area contributed by atoms with Gasteiger partial charge in [-0.1, -0.05) is 18.2 Å². The molecule has 0 radical (unpaired) electrons. The number of likely N-dealkylation sites (N-methyl/N-ethyl adjacent to an activating group) is 1. The van der Waals surface area contributed by atoms with Gasteiger partial charge in [-0.05, 0) is 44.1 Å². The lowest BCUT2D eigenvalue weighted by Crippen LogP contribution is -2.40. The fourth-order valence-electron chi connectivity index (χ4n) is 5.25. The summed E-state index contributed by atoms with van der Waals surface area (Å²) in [5, 5.41) is 17.5. The highest BCUT2D eigenvalue weighted by atomic mass is 19.4. The van der Waals surface area contributed by atoms with Crippen LogP contribution in [0.4, 0.5) is 30.6 Å². The second kappa shape index (κ2) is 12.5. The molecule has 2 aromatic rings. The lowest BCUT2D eigenvalue weighted by atomic mass is 9.85. The predicted molar refractivity (Wildman–Crippen MR) is 137 cm³/mol. The minimum absolute atomic E-state index is 0.0394. The number of aromatic nitrogens is 2. The van der Waals surface area contributed by atoms with Crippen molar-refractivity contribution in [2.24, 2.45) is 5.92 Å². The summed E-state index contributed by atoms with van der Waals surface area (Å²) in [6.07, 6.45) is 2.05. The number of hydrogen-bond donors (Lipinski definition) is 2. The van der Waals surface area contributed by atoms with Crippen molar-refractivity contribution in [3.8, 4) is 5.75 Å². The number of halogens is 3. The number of likely N-dealkylation sites (tertiary alicyclic amines) is 1. The summed E-state index contributed by atoms with van der Waals surface area (Å²) < 4.78 is 42.2. The van der Waals surface area contributed by atoms with E-state index in [4.69, 9.17) is 0 Å². The van der Waals surface area contributed by atoms with Crippen LogP contribution in [0, 0.1) is 16.0 Å². The van der Waals surface area contributed by atoms with Gasteiger partial charge in [0.05, 0.1) is 4.92 Å². The third-order valence-electron chi connectivity index (χ3n) is 7.43. The van der Waals surface area contributed by atoms with E-state index in [-0.39, 0.29) is 41.4 Å². The van der Waals surface area contributed by atoms with Crippen molar-refractivity contribution in [1.82, 2.24) is 19.8 Å². The van der Waals surface area contributed by atoms with Gasteiger partial charge in [-0.15, -0.1) is 13.2 Å². The largest absolute Gasteiger partial charge is 0.573 e. The Kier molecular flexibility index (Phi) is 9.04. The molecule has 1 unspecified atom stereocenters. The minimum Gasteiger partial charge on any atom is -0.405 e. The third-order valence-corrected chi connectivity index (χ3v) is 7.43. The van der Waals surface area contributed by atoms with Crippen molar-refractivity contribution in [3.63, 3.8) is 0 Å². The predicted octanol–water partition coefficient (Wildman–Crippen LogP) is 4.03. The number of ether oxygens (including phenoxy) is 1. The molecule has 1 atom stereocenters. The van der Waals surface area contributed by atoms with Crippen molar-refractivity contribution in [2.45, 2.75) is 57.1 Å². The van der Waals surface area contributed by atoms with Gasteiger partial charge in [-0.2, -0.15) is 4.98 Å². The van der Waals surface area contributed by atoms with Crippen molar-refractivity contribution in [1.29, 1.82) is 0 Å². The molecule has 1 aromatic carbocycles. The zero-order valence-electron chi connectivity index (χ0n) is 21.6. The Hall–Kier alpha value is -3.68. The van der Waals surface area contributed by atoms with Crippen LogP contribution in [0.5, 0.6) is 5.75 Å². The Balaban J connectivity index is 1.32. The standard InChI is InChI=1S/C25H32F3N7O4/c1-33(16-36)20-10-11-34(15-20)19-8-6-17(7-9-19)12-29-23-21(35(37)38)14-31-24(32-23)30-13-18-4-2-3-5-22(18)39-25(26,27)28/h2-5,14,16-17,19-20H,6-13,15H2,1H3,(H2,29,30,31,32)/t17-,19-,20?. The summed E-state index contributed by atoms with van der Waals surface area (Å²) in [6, 6.07) is 6.40. The van der Waals surface area contributed by atoms with E-state index in [1.807, 2.05) is 7.05 Å². The van der Waals surface area contributed by atoms with Gasteiger partial charge in [0, 0.05) is 50.9 Å². The number of nitro groups is 1. The van der Waals surface area contributed by atoms with Crippen LogP contribution in [-0.4, -0.2) is 76.2 Å². The van der Waals surface area contributed by atoms with Crippen molar-refractivity contribution in [3.05, 3.63) is 46.1 Å². The number of carbonyl (C=O) groups excluding carboxylic acids is 1. The fraction of sp³-hybridized carbons (Fsp3) is 0.560. The first kappa shape index (κ1) is 28.3. The van der Waals surface area contributed by atoms with E-state index in [0.29, 0.717) is 18.5 Å². The number of para-hydroxylation sites is 1. The Labute approximate surface area is 223 Å². The van der Waals surface area contributed by atoms with Gasteiger partial charge in [0.25, 0.3) is 0 Å². The normalized spacial score (nSPS) is 21.8. The average Bonchev–Trinajstić information content (AvgIpc) is 3.41. The summed E-state index contributed by atoms with van der Waals surface area (Å²) in [6.45, 7) is 2.29. The zero-order chi connectivity index (χ0) is 28.0. The smallest absolute Gasteiger partial charge is 0.405 e. The maximum absolute atomic E-state index is 12.7. The van der Waals surface area contributed by atoms with E-state index in [1.54, 1.807) is 11.0 Å². The molecule has 1 amide bonds. The summed E-state index contributed by atoms with van der Waals surface area (Å²) in [4.78, 5) is 34.4. The number of carbonyl (C=O) groups is 1. The molecule has 1 aromatic heterocycles. The molecule has 2 heterocycles. The van der Waals surface area contributed by atoms with Gasteiger partial charge < -0.3 is 20.3 Å². The van der Waals surface area contributed by atoms with Crippen LogP contribution >= 0.6 is 0 Å². The number of amides is 1. The van der Waals surface area contributed by atoms with E-state index in [1.165, 1.54) is 18.2 Å². The Morgan fingerprint density at radius 3 is 2.64 bits per heavy atom. The molecular weight excluding hydrogens is 519 g/mol. The molecule has 1 saturated carbocycles. The second-order valence-corrected chi connectivity index (χ2v) is 9.96. The topological polar surface area (TPSA) is 126 Å². The van der Waals surface area contributed by atoms with Gasteiger partial charge >= 0.3 is 12.0 Å². The number of alkyl halides is 3. The van der Waals surface area contributed by atoms with E-state index < -0.39 is 11.3 Å². The highest BCUT2D eigenvalue weighted by Crippen LogP contribution is 2.32. The highest BCUT2D eigenvalue weighted by Gasteiger charge is 2.33. The van der Waals surface area contributed by atoms with Crippen LogP contribution in [0.1, 0.15) is 37.7 Å². The zero-order valence-corrected chi connectivity index (χ0v) is 21.6. The summed E-state index contributed by atoms with van der Waals surface area (Å²) in [5.74, 6) is 0.0551. The van der Waals surface area contributed by atoms with Gasteiger partial charge in [0.1, 0.15) is 11.9 Å². The van der Waals surface area contributed by atoms with E-state index >= 15 is 0 Å². The lowest BCUT2D eigenvalue weighted by molar-refractivity contribution is -0.384. The SMILES string of the molecule is CN(C=O)C1CCN([C@H]2CC[C@H](CNc3nc(NCc4ccccc4OC(F)(F)F)ncc3[N+](=O)[O-])CC2)C1. The number of anilines is 2. The molecule has 1 aliphatic carbocycles.